The maximum atomic E-state index is 12.9. The SMILES string of the molecule is O=C(NCCc1ccc(F)cc1)c1ccc(N2CCCCS2(=O)=O)cc1Cl. The molecule has 2 aromatic carbocycles. The largest absolute Gasteiger partial charge is 0.352 e. The average Bonchev–Trinajstić information content (AvgIpc) is 2.63. The second-order valence-corrected chi connectivity index (χ2v) is 8.81. The van der Waals surface area contributed by atoms with Gasteiger partial charge in [-0.25, -0.2) is 12.8 Å². The van der Waals surface area contributed by atoms with Crippen LogP contribution in [0.15, 0.2) is 42.5 Å². The van der Waals surface area contributed by atoms with Crippen LogP contribution in [0.25, 0.3) is 0 Å². The lowest BCUT2D eigenvalue weighted by molar-refractivity contribution is 0.0954. The molecule has 1 heterocycles. The number of anilines is 1. The molecule has 3 rings (SSSR count). The van der Waals surface area contributed by atoms with Gasteiger partial charge in [-0.15, -0.1) is 0 Å². The topological polar surface area (TPSA) is 66.5 Å². The Bertz CT molecular complexity index is 932. The Labute approximate surface area is 163 Å². The van der Waals surface area contributed by atoms with Gasteiger partial charge in [0.2, 0.25) is 10.0 Å². The minimum absolute atomic E-state index is 0.121. The van der Waals surface area contributed by atoms with Crippen molar-refractivity contribution in [3.8, 4) is 0 Å². The zero-order valence-electron chi connectivity index (χ0n) is 14.6. The molecule has 5 nitrogen and oxygen atoms in total. The minimum atomic E-state index is -3.33. The van der Waals surface area contributed by atoms with Crippen LogP contribution in [-0.2, 0) is 16.4 Å². The molecule has 27 heavy (non-hydrogen) atoms. The minimum Gasteiger partial charge on any atom is -0.352 e. The van der Waals surface area contributed by atoms with Crippen molar-refractivity contribution in [1.29, 1.82) is 0 Å². The van der Waals surface area contributed by atoms with Crippen molar-refractivity contribution in [3.63, 3.8) is 0 Å². The van der Waals surface area contributed by atoms with E-state index in [9.17, 15) is 17.6 Å². The number of nitrogens with one attached hydrogen (secondary N) is 1. The van der Waals surface area contributed by atoms with Crippen molar-refractivity contribution < 1.29 is 17.6 Å². The van der Waals surface area contributed by atoms with E-state index >= 15 is 0 Å². The van der Waals surface area contributed by atoms with E-state index < -0.39 is 10.0 Å². The third kappa shape index (κ3) is 4.78. The molecule has 0 aliphatic carbocycles. The van der Waals surface area contributed by atoms with Crippen LogP contribution in [0.2, 0.25) is 5.02 Å². The number of nitrogens with zero attached hydrogens (tertiary/aromatic N) is 1. The second-order valence-electron chi connectivity index (χ2n) is 6.39. The molecule has 1 amide bonds. The zero-order valence-corrected chi connectivity index (χ0v) is 16.2. The van der Waals surface area contributed by atoms with Gasteiger partial charge in [-0.1, -0.05) is 23.7 Å². The molecule has 0 bridgehead atoms. The van der Waals surface area contributed by atoms with Gasteiger partial charge < -0.3 is 5.32 Å². The first-order valence-electron chi connectivity index (χ1n) is 8.69. The lowest BCUT2D eigenvalue weighted by Gasteiger charge is -2.28. The van der Waals surface area contributed by atoms with E-state index in [2.05, 4.69) is 5.32 Å². The van der Waals surface area contributed by atoms with E-state index in [-0.39, 0.29) is 28.1 Å². The Morgan fingerprint density at radius 1 is 1.15 bits per heavy atom. The van der Waals surface area contributed by atoms with Crippen LogP contribution < -0.4 is 9.62 Å². The van der Waals surface area contributed by atoms with Crippen LogP contribution in [-0.4, -0.2) is 33.2 Å². The standard InChI is InChI=1S/C19H20ClFN2O3S/c20-18-13-16(23-11-1-2-12-27(23,25)26)7-8-17(18)19(24)22-10-9-14-3-5-15(21)6-4-14/h3-8,13H,1-2,9-12H2,(H,22,24). The summed E-state index contributed by atoms with van der Waals surface area (Å²) in [4.78, 5) is 12.3. The van der Waals surface area contributed by atoms with Crippen LogP contribution in [0.1, 0.15) is 28.8 Å². The highest BCUT2D eigenvalue weighted by molar-refractivity contribution is 7.92. The summed E-state index contributed by atoms with van der Waals surface area (Å²) in [6.45, 7) is 0.797. The molecule has 0 radical (unpaired) electrons. The van der Waals surface area contributed by atoms with Gasteiger partial charge in [0.05, 0.1) is 22.0 Å². The predicted molar refractivity (Wildman–Crippen MR) is 104 cm³/mol. The summed E-state index contributed by atoms with van der Waals surface area (Å²) in [5.74, 6) is -0.517. The van der Waals surface area contributed by atoms with Gasteiger partial charge in [-0.05, 0) is 55.2 Å². The fraction of sp³-hybridized carbons (Fsp3) is 0.316. The Hall–Kier alpha value is -2.12. The molecule has 1 aliphatic heterocycles. The first-order chi connectivity index (χ1) is 12.9. The lowest BCUT2D eigenvalue weighted by Crippen LogP contribution is -2.37. The van der Waals surface area contributed by atoms with Crippen LogP contribution in [0.4, 0.5) is 10.1 Å². The van der Waals surface area contributed by atoms with Gasteiger partial charge in [0.1, 0.15) is 5.82 Å². The van der Waals surface area contributed by atoms with Crippen molar-refractivity contribution in [2.45, 2.75) is 19.3 Å². The third-order valence-corrected chi connectivity index (χ3v) is 6.63. The normalized spacial score (nSPS) is 16.1. The number of hydrogen-bond acceptors (Lipinski definition) is 3. The molecule has 144 valence electrons. The number of rotatable bonds is 5. The van der Waals surface area contributed by atoms with Gasteiger partial charge in [-0.3, -0.25) is 9.10 Å². The highest BCUT2D eigenvalue weighted by atomic mass is 35.5. The smallest absolute Gasteiger partial charge is 0.252 e. The van der Waals surface area contributed by atoms with E-state index in [0.29, 0.717) is 31.6 Å². The summed E-state index contributed by atoms with van der Waals surface area (Å²) in [5.41, 5.74) is 1.67. The summed E-state index contributed by atoms with van der Waals surface area (Å²) in [6, 6.07) is 10.7. The summed E-state index contributed by atoms with van der Waals surface area (Å²) in [6.07, 6.45) is 2.01. The fourth-order valence-corrected chi connectivity index (χ4v) is 4.88. The van der Waals surface area contributed by atoms with E-state index in [1.54, 1.807) is 18.2 Å². The molecule has 0 aromatic heterocycles. The number of amides is 1. The highest BCUT2D eigenvalue weighted by Gasteiger charge is 2.26. The molecular weight excluding hydrogens is 391 g/mol. The van der Waals surface area contributed by atoms with Crippen LogP contribution in [0, 0.1) is 5.82 Å². The number of carbonyl (C=O) groups is 1. The fourth-order valence-electron chi connectivity index (χ4n) is 2.99. The molecule has 1 N–H and O–H groups in total. The Kier molecular flexibility index (Phi) is 6.01. The summed E-state index contributed by atoms with van der Waals surface area (Å²) in [5, 5.41) is 2.97. The summed E-state index contributed by atoms with van der Waals surface area (Å²) >= 11 is 6.23. The van der Waals surface area contributed by atoms with Crippen molar-refractivity contribution in [1.82, 2.24) is 5.32 Å². The molecule has 0 saturated carbocycles. The summed E-state index contributed by atoms with van der Waals surface area (Å²) in [7, 11) is -3.33. The molecule has 8 heteroatoms. The van der Waals surface area contributed by atoms with Crippen LogP contribution in [0.5, 0.6) is 0 Å². The van der Waals surface area contributed by atoms with Crippen molar-refractivity contribution in [3.05, 3.63) is 64.4 Å². The maximum absolute atomic E-state index is 12.9. The predicted octanol–water partition coefficient (Wildman–Crippen LogP) is 3.38. The number of hydrogen-bond donors (Lipinski definition) is 1. The lowest BCUT2D eigenvalue weighted by atomic mass is 10.1. The zero-order chi connectivity index (χ0) is 19.4. The number of carbonyl (C=O) groups excluding carboxylic acids is 1. The summed E-state index contributed by atoms with van der Waals surface area (Å²) < 4.78 is 38.6. The van der Waals surface area contributed by atoms with Crippen molar-refractivity contribution >= 4 is 33.2 Å². The molecular formula is C19H20ClFN2O3S. The van der Waals surface area contributed by atoms with E-state index in [4.69, 9.17) is 11.6 Å². The van der Waals surface area contributed by atoms with Gasteiger partial charge in [0, 0.05) is 13.1 Å². The first kappa shape index (κ1) is 19.6. The molecule has 0 atom stereocenters. The molecule has 1 saturated heterocycles. The monoisotopic (exact) mass is 410 g/mol. The quantitative estimate of drug-likeness (QED) is 0.821. The van der Waals surface area contributed by atoms with Crippen LogP contribution in [0.3, 0.4) is 0 Å². The third-order valence-electron chi connectivity index (χ3n) is 4.45. The van der Waals surface area contributed by atoms with Gasteiger partial charge in [0.15, 0.2) is 0 Å². The number of halogens is 2. The van der Waals surface area contributed by atoms with Crippen molar-refractivity contribution in [2.24, 2.45) is 0 Å². The van der Waals surface area contributed by atoms with Gasteiger partial charge in [0.25, 0.3) is 5.91 Å². The average molecular weight is 411 g/mol. The number of sulfonamides is 1. The van der Waals surface area contributed by atoms with Crippen molar-refractivity contribution in [2.75, 3.05) is 23.1 Å². The first-order valence-corrected chi connectivity index (χ1v) is 10.7. The number of benzene rings is 2. The molecule has 1 fully saturated rings. The van der Waals surface area contributed by atoms with Crippen LogP contribution >= 0.6 is 11.6 Å². The highest BCUT2D eigenvalue weighted by Crippen LogP contribution is 2.28. The van der Waals surface area contributed by atoms with Gasteiger partial charge in [-0.2, -0.15) is 0 Å². The molecule has 0 unspecified atom stereocenters. The molecule has 0 spiro atoms. The van der Waals surface area contributed by atoms with E-state index in [0.717, 1.165) is 12.0 Å². The van der Waals surface area contributed by atoms with E-state index in [1.165, 1.54) is 28.6 Å². The molecule has 1 aliphatic rings. The second kappa shape index (κ2) is 8.27. The Morgan fingerprint density at radius 3 is 2.56 bits per heavy atom. The van der Waals surface area contributed by atoms with E-state index in [1.807, 2.05) is 0 Å². The Balaban J connectivity index is 1.64. The van der Waals surface area contributed by atoms with Gasteiger partial charge >= 0.3 is 0 Å². The maximum Gasteiger partial charge on any atom is 0.252 e. The molecule has 2 aromatic rings. The Morgan fingerprint density at radius 2 is 1.89 bits per heavy atom.